The summed E-state index contributed by atoms with van der Waals surface area (Å²) in [4.78, 5) is 10.2. The van der Waals surface area contributed by atoms with Gasteiger partial charge in [-0.3, -0.25) is 0 Å². The molecule has 1 rings (SSSR count). The summed E-state index contributed by atoms with van der Waals surface area (Å²) in [5, 5.41) is 8.40. The fraction of sp³-hybridized carbons (Fsp3) is 0.708. The first-order valence-corrected chi connectivity index (χ1v) is 11.8. The predicted molar refractivity (Wildman–Crippen MR) is 126 cm³/mol. The van der Waals surface area contributed by atoms with Gasteiger partial charge in [-0.15, -0.1) is 0 Å². The zero-order chi connectivity index (χ0) is 25.1. The van der Waals surface area contributed by atoms with Gasteiger partial charge in [-0.05, 0) is 12.1 Å². The maximum Gasteiger partial charge on any atom is 0.329 e. The van der Waals surface area contributed by atoms with Gasteiger partial charge in [0.25, 0.3) is 0 Å². The number of benzene rings is 1. The third kappa shape index (κ3) is 23.7. The second-order valence-electron chi connectivity index (χ2n) is 6.89. The molecule has 35 heavy (non-hydrogen) atoms. The number of hydrogen-bond acceptors (Lipinski definition) is 10. The molecule has 0 radical (unpaired) electrons. The van der Waals surface area contributed by atoms with E-state index in [0.717, 1.165) is 5.75 Å². The highest BCUT2D eigenvalue weighted by Crippen LogP contribution is 2.07. The molecule has 0 fully saturated rings. The summed E-state index contributed by atoms with van der Waals surface area (Å²) in [6.07, 6.45) is 0. The van der Waals surface area contributed by atoms with Crippen molar-refractivity contribution in [3.05, 3.63) is 30.3 Å². The molecule has 0 spiro atoms. The first kappa shape index (κ1) is 31.2. The zero-order valence-electron chi connectivity index (χ0n) is 20.4. The monoisotopic (exact) mass is 504 g/mol. The Morgan fingerprint density at radius 1 is 0.486 bits per heavy atom. The minimum Gasteiger partial charge on any atom is -0.491 e. The Kier molecular flexibility index (Phi) is 22.5. The summed E-state index contributed by atoms with van der Waals surface area (Å²) in [5.74, 6) is -0.154. The zero-order valence-corrected chi connectivity index (χ0v) is 20.4. The first-order valence-electron chi connectivity index (χ1n) is 11.8. The van der Waals surface area contributed by atoms with E-state index in [1.165, 1.54) is 0 Å². The lowest BCUT2D eigenvalue weighted by atomic mass is 10.3. The van der Waals surface area contributed by atoms with Crippen LogP contribution in [0.5, 0.6) is 5.75 Å². The highest BCUT2D eigenvalue weighted by atomic mass is 16.6. The topological polar surface area (TPSA) is 120 Å². The van der Waals surface area contributed by atoms with Crippen molar-refractivity contribution < 1.29 is 52.5 Å². The lowest BCUT2D eigenvalue weighted by molar-refractivity contribution is -0.142. The molecule has 0 aromatic heterocycles. The molecule has 0 heterocycles. The van der Waals surface area contributed by atoms with Crippen LogP contribution in [0.25, 0.3) is 0 Å². The molecular formula is C24H40O11. The van der Waals surface area contributed by atoms with Crippen LogP contribution < -0.4 is 4.74 Å². The van der Waals surface area contributed by atoms with E-state index in [1.54, 1.807) is 0 Å². The van der Waals surface area contributed by atoms with Crippen LogP contribution in [0.4, 0.5) is 0 Å². The van der Waals surface area contributed by atoms with E-state index < -0.39 is 5.97 Å². The molecule has 0 aliphatic carbocycles. The van der Waals surface area contributed by atoms with E-state index in [9.17, 15) is 4.79 Å². The lowest BCUT2D eigenvalue weighted by Gasteiger charge is -2.09. The van der Waals surface area contributed by atoms with Crippen molar-refractivity contribution in [2.75, 3.05) is 112 Å². The van der Waals surface area contributed by atoms with Gasteiger partial charge in [0.2, 0.25) is 0 Å². The highest BCUT2D eigenvalue weighted by molar-refractivity contribution is 5.67. The third-order valence-electron chi connectivity index (χ3n) is 4.07. The van der Waals surface area contributed by atoms with Crippen molar-refractivity contribution >= 4 is 5.97 Å². The van der Waals surface area contributed by atoms with Gasteiger partial charge in [-0.2, -0.15) is 0 Å². The molecule has 0 amide bonds. The van der Waals surface area contributed by atoms with Crippen LogP contribution in [-0.2, 0) is 42.7 Å². The standard InChI is InChI=1S/C24H40O11/c25-24(26)22-34-19-18-32-15-14-30-11-10-28-7-6-27-8-9-29-12-13-31-16-17-33-20-21-35-23-4-2-1-3-5-23/h1-5H,6-22H2,(H,25,26). The van der Waals surface area contributed by atoms with Crippen LogP contribution in [0.1, 0.15) is 0 Å². The van der Waals surface area contributed by atoms with Crippen LogP contribution in [0, 0.1) is 0 Å². The second kappa shape index (κ2) is 25.3. The summed E-state index contributed by atoms with van der Waals surface area (Å²) in [7, 11) is 0. The Hall–Kier alpha value is -1.83. The number of ether oxygens (including phenoxy) is 9. The van der Waals surface area contributed by atoms with Gasteiger partial charge in [0.15, 0.2) is 0 Å². The Morgan fingerprint density at radius 3 is 1.14 bits per heavy atom. The maximum atomic E-state index is 10.2. The molecule has 1 N–H and O–H groups in total. The molecule has 0 atom stereocenters. The van der Waals surface area contributed by atoms with Gasteiger partial charge in [0.05, 0.1) is 99.1 Å². The summed E-state index contributed by atoms with van der Waals surface area (Å²) < 4.78 is 48.1. The van der Waals surface area contributed by atoms with E-state index in [2.05, 4.69) is 0 Å². The van der Waals surface area contributed by atoms with Gasteiger partial charge in [-0.25, -0.2) is 4.79 Å². The minimum atomic E-state index is -0.993. The Labute approximate surface area is 207 Å². The molecule has 0 aliphatic rings. The second-order valence-corrected chi connectivity index (χ2v) is 6.89. The lowest BCUT2D eigenvalue weighted by Crippen LogP contribution is -2.15. The average Bonchev–Trinajstić information content (AvgIpc) is 2.86. The number of aliphatic carboxylic acids is 1. The molecule has 0 saturated carbocycles. The molecule has 1 aromatic carbocycles. The van der Waals surface area contributed by atoms with E-state index in [4.69, 9.17) is 47.7 Å². The van der Waals surface area contributed by atoms with E-state index in [1.807, 2.05) is 30.3 Å². The molecule has 202 valence electrons. The fourth-order valence-corrected chi connectivity index (χ4v) is 2.43. The van der Waals surface area contributed by atoms with Gasteiger partial charge < -0.3 is 47.7 Å². The van der Waals surface area contributed by atoms with E-state index in [-0.39, 0.29) is 13.2 Å². The maximum absolute atomic E-state index is 10.2. The molecule has 11 heteroatoms. The van der Waals surface area contributed by atoms with Crippen LogP contribution in [0.2, 0.25) is 0 Å². The normalized spacial score (nSPS) is 11.1. The van der Waals surface area contributed by atoms with Crippen molar-refractivity contribution in [2.45, 2.75) is 0 Å². The Morgan fingerprint density at radius 2 is 0.800 bits per heavy atom. The number of carboxylic acid groups (broad SMARTS) is 1. The quantitative estimate of drug-likeness (QED) is 0.174. The van der Waals surface area contributed by atoms with Crippen molar-refractivity contribution in [3.8, 4) is 5.75 Å². The fourth-order valence-electron chi connectivity index (χ4n) is 2.43. The average molecular weight is 505 g/mol. The molecule has 0 bridgehead atoms. The molecule has 0 saturated heterocycles. The minimum absolute atomic E-state index is 0.246. The predicted octanol–water partition coefficient (Wildman–Crippen LogP) is 1.28. The van der Waals surface area contributed by atoms with E-state index in [0.29, 0.717) is 99.1 Å². The number of rotatable bonds is 27. The molecular weight excluding hydrogens is 464 g/mol. The van der Waals surface area contributed by atoms with Crippen molar-refractivity contribution in [1.29, 1.82) is 0 Å². The molecule has 11 nitrogen and oxygen atoms in total. The Bertz CT molecular complexity index is 574. The molecule has 1 aromatic rings. The van der Waals surface area contributed by atoms with Gasteiger partial charge in [0, 0.05) is 0 Å². The smallest absolute Gasteiger partial charge is 0.329 e. The summed E-state index contributed by atoms with van der Waals surface area (Å²) in [6.45, 7) is 7.13. The number of hydrogen-bond donors (Lipinski definition) is 1. The number of para-hydroxylation sites is 1. The third-order valence-corrected chi connectivity index (χ3v) is 4.07. The summed E-state index contributed by atoms with van der Waals surface area (Å²) in [5.41, 5.74) is 0. The Balaban J connectivity index is 1.64. The van der Waals surface area contributed by atoms with Gasteiger partial charge in [0.1, 0.15) is 19.0 Å². The highest BCUT2D eigenvalue weighted by Gasteiger charge is 1.97. The summed E-state index contributed by atoms with van der Waals surface area (Å²) >= 11 is 0. The molecule has 0 unspecified atom stereocenters. The van der Waals surface area contributed by atoms with Crippen LogP contribution in [-0.4, -0.2) is 123 Å². The van der Waals surface area contributed by atoms with Crippen molar-refractivity contribution in [2.24, 2.45) is 0 Å². The largest absolute Gasteiger partial charge is 0.491 e. The summed E-state index contributed by atoms with van der Waals surface area (Å²) in [6, 6.07) is 9.63. The van der Waals surface area contributed by atoms with Gasteiger partial charge in [-0.1, -0.05) is 18.2 Å². The van der Waals surface area contributed by atoms with Crippen LogP contribution in [0.15, 0.2) is 30.3 Å². The van der Waals surface area contributed by atoms with Crippen molar-refractivity contribution in [1.82, 2.24) is 0 Å². The van der Waals surface area contributed by atoms with Gasteiger partial charge >= 0.3 is 5.97 Å². The SMILES string of the molecule is O=C(O)COCCOCCOCCOCCOCCOCCOCCOCCOc1ccccc1. The van der Waals surface area contributed by atoms with Crippen LogP contribution >= 0.6 is 0 Å². The number of carbonyl (C=O) groups is 1. The van der Waals surface area contributed by atoms with E-state index >= 15 is 0 Å². The first-order chi connectivity index (χ1) is 17.3. The van der Waals surface area contributed by atoms with Crippen molar-refractivity contribution in [3.63, 3.8) is 0 Å². The van der Waals surface area contributed by atoms with Crippen LogP contribution in [0.3, 0.4) is 0 Å². The number of carboxylic acids is 1. The molecule has 0 aliphatic heterocycles.